The summed E-state index contributed by atoms with van der Waals surface area (Å²) in [5, 5.41) is 8.16. The number of hydrogen-bond acceptors (Lipinski definition) is 5. The van der Waals surface area contributed by atoms with Crippen molar-refractivity contribution < 1.29 is 13.2 Å². The summed E-state index contributed by atoms with van der Waals surface area (Å²) < 4.78 is 28.9. The van der Waals surface area contributed by atoms with E-state index < -0.39 is 10.0 Å². The Labute approximate surface area is 174 Å². The summed E-state index contributed by atoms with van der Waals surface area (Å²) in [4.78, 5) is 14.4. The van der Waals surface area contributed by atoms with Gasteiger partial charge in [0.25, 0.3) is 5.91 Å². The molecule has 154 valence electrons. The molecule has 0 aliphatic carbocycles. The molecule has 0 bridgehead atoms. The van der Waals surface area contributed by atoms with E-state index in [2.05, 4.69) is 17.3 Å². The summed E-state index contributed by atoms with van der Waals surface area (Å²) in [6, 6.07) is 8.23. The van der Waals surface area contributed by atoms with Crippen LogP contribution in [0.1, 0.15) is 35.1 Å². The van der Waals surface area contributed by atoms with Gasteiger partial charge in [-0.3, -0.25) is 9.48 Å². The number of aryl methyl sites for hydroxylation is 2. The fourth-order valence-corrected chi connectivity index (χ4v) is 6.08. The predicted octanol–water partition coefficient (Wildman–Crippen LogP) is 3.62. The molecule has 9 heteroatoms. The van der Waals surface area contributed by atoms with E-state index in [0.717, 1.165) is 28.8 Å². The number of carbonyl (C=O) groups is 1. The first-order chi connectivity index (χ1) is 13.8. The fourth-order valence-electron chi connectivity index (χ4n) is 3.59. The first kappa shape index (κ1) is 20.1. The lowest BCUT2D eigenvalue weighted by Gasteiger charge is -2.29. The average Bonchev–Trinajstić information content (AvgIpc) is 3.24. The van der Waals surface area contributed by atoms with Gasteiger partial charge in [-0.25, -0.2) is 8.42 Å². The number of sulfonamides is 1. The Bertz CT molecular complexity index is 1120. The molecule has 1 aromatic carbocycles. The standard InChI is InChI=1S/C20H24N4O3S2/c1-13-8-10-24(11-9-13)29(26,27)16-6-4-15(5-7-16)21-19(25)18-12-17-14(2)22-23(3)20(17)28-18/h4-7,12-13H,8-11H2,1-3H3,(H,21,25). The molecule has 2 aromatic heterocycles. The average molecular weight is 433 g/mol. The molecular weight excluding hydrogens is 408 g/mol. The van der Waals surface area contributed by atoms with E-state index in [4.69, 9.17) is 0 Å². The van der Waals surface area contributed by atoms with Crippen molar-refractivity contribution in [1.82, 2.24) is 14.1 Å². The van der Waals surface area contributed by atoms with Gasteiger partial charge >= 0.3 is 0 Å². The second-order valence-electron chi connectivity index (χ2n) is 7.60. The van der Waals surface area contributed by atoms with Crippen molar-refractivity contribution >= 4 is 43.2 Å². The zero-order valence-electron chi connectivity index (χ0n) is 16.7. The van der Waals surface area contributed by atoms with Crippen LogP contribution < -0.4 is 5.32 Å². The number of piperidine rings is 1. The van der Waals surface area contributed by atoms with Gasteiger partial charge in [0.05, 0.1) is 15.5 Å². The van der Waals surface area contributed by atoms with E-state index in [1.54, 1.807) is 33.3 Å². The van der Waals surface area contributed by atoms with Gasteiger partial charge in [0, 0.05) is 31.2 Å². The zero-order chi connectivity index (χ0) is 20.8. The third-order valence-corrected chi connectivity index (χ3v) is 8.53. The van der Waals surface area contributed by atoms with Gasteiger partial charge in [-0.05, 0) is 56.0 Å². The SMILES string of the molecule is Cc1nn(C)c2sc(C(=O)Nc3ccc(S(=O)(=O)N4CCC(C)CC4)cc3)cc12. The smallest absolute Gasteiger partial charge is 0.265 e. The van der Waals surface area contributed by atoms with Crippen molar-refractivity contribution in [2.45, 2.75) is 31.6 Å². The number of rotatable bonds is 4. The van der Waals surface area contributed by atoms with Crippen LogP contribution in [0.5, 0.6) is 0 Å². The highest BCUT2D eigenvalue weighted by molar-refractivity contribution is 7.89. The lowest BCUT2D eigenvalue weighted by Crippen LogP contribution is -2.37. The summed E-state index contributed by atoms with van der Waals surface area (Å²) in [6.45, 7) is 5.18. The zero-order valence-corrected chi connectivity index (χ0v) is 18.3. The Hall–Kier alpha value is -2.23. The third kappa shape index (κ3) is 3.82. The summed E-state index contributed by atoms with van der Waals surface area (Å²) >= 11 is 1.38. The number of nitrogens with one attached hydrogen (secondary N) is 1. The largest absolute Gasteiger partial charge is 0.321 e. The maximum Gasteiger partial charge on any atom is 0.265 e. The summed E-state index contributed by atoms with van der Waals surface area (Å²) in [6.07, 6.45) is 1.77. The van der Waals surface area contributed by atoms with Gasteiger partial charge < -0.3 is 5.32 Å². The number of nitrogens with zero attached hydrogens (tertiary/aromatic N) is 3. The van der Waals surface area contributed by atoms with Crippen LogP contribution in [0.2, 0.25) is 0 Å². The summed E-state index contributed by atoms with van der Waals surface area (Å²) in [5.41, 5.74) is 1.45. The fraction of sp³-hybridized carbons (Fsp3) is 0.400. The van der Waals surface area contributed by atoms with Crippen molar-refractivity contribution in [3.05, 3.63) is 40.9 Å². The number of fused-ring (bicyclic) bond motifs is 1. The Kier molecular flexibility index (Phi) is 5.22. The van der Waals surface area contributed by atoms with Gasteiger partial charge in [-0.15, -0.1) is 11.3 Å². The molecule has 0 spiro atoms. The van der Waals surface area contributed by atoms with Gasteiger partial charge in [0.1, 0.15) is 4.83 Å². The highest BCUT2D eigenvalue weighted by Crippen LogP contribution is 2.29. The van der Waals surface area contributed by atoms with Crippen LogP contribution in [-0.4, -0.2) is 41.5 Å². The van der Waals surface area contributed by atoms with E-state index >= 15 is 0 Å². The highest BCUT2D eigenvalue weighted by Gasteiger charge is 2.28. The maximum atomic E-state index is 12.8. The Morgan fingerprint density at radius 1 is 1.21 bits per heavy atom. The van der Waals surface area contributed by atoms with Gasteiger partial charge in [0.2, 0.25) is 10.0 Å². The van der Waals surface area contributed by atoms with Gasteiger partial charge in [-0.2, -0.15) is 9.40 Å². The topological polar surface area (TPSA) is 84.3 Å². The molecule has 1 saturated heterocycles. The summed E-state index contributed by atoms with van der Waals surface area (Å²) in [5.74, 6) is 0.346. The van der Waals surface area contributed by atoms with Crippen LogP contribution in [0.25, 0.3) is 10.2 Å². The minimum atomic E-state index is -3.49. The van der Waals surface area contributed by atoms with Crippen molar-refractivity contribution in [3.63, 3.8) is 0 Å². The van der Waals surface area contributed by atoms with Gasteiger partial charge in [-0.1, -0.05) is 6.92 Å². The van der Waals surface area contributed by atoms with E-state index in [-0.39, 0.29) is 10.8 Å². The van der Waals surface area contributed by atoms with Crippen LogP contribution in [0.15, 0.2) is 35.2 Å². The Morgan fingerprint density at radius 3 is 2.48 bits per heavy atom. The molecule has 29 heavy (non-hydrogen) atoms. The molecule has 0 unspecified atom stereocenters. The van der Waals surface area contributed by atoms with Crippen LogP contribution in [0.4, 0.5) is 5.69 Å². The molecule has 7 nitrogen and oxygen atoms in total. The summed E-state index contributed by atoms with van der Waals surface area (Å²) in [7, 11) is -1.63. The van der Waals surface area contributed by atoms with Crippen LogP contribution in [0, 0.1) is 12.8 Å². The van der Waals surface area contributed by atoms with E-state index in [9.17, 15) is 13.2 Å². The quantitative estimate of drug-likeness (QED) is 0.682. The molecule has 1 aliphatic rings. The second-order valence-corrected chi connectivity index (χ2v) is 10.6. The molecule has 0 saturated carbocycles. The monoisotopic (exact) mass is 432 g/mol. The molecule has 3 heterocycles. The van der Waals surface area contributed by atoms with E-state index in [0.29, 0.717) is 29.6 Å². The van der Waals surface area contributed by atoms with Gasteiger partial charge in [0.15, 0.2) is 0 Å². The van der Waals surface area contributed by atoms with E-state index in [1.807, 2.05) is 20.0 Å². The second kappa shape index (κ2) is 7.55. The normalized spacial score (nSPS) is 16.4. The molecule has 1 fully saturated rings. The number of amides is 1. The van der Waals surface area contributed by atoms with Crippen LogP contribution >= 0.6 is 11.3 Å². The highest BCUT2D eigenvalue weighted by atomic mass is 32.2. The molecule has 1 amide bonds. The maximum absolute atomic E-state index is 12.8. The van der Waals surface area contributed by atoms with Crippen molar-refractivity contribution in [2.75, 3.05) is 18.4 Å². The van der Waals surface area contributed by atoms with Crippen molar-refractivity contribution in [1.29, 1.82) is 0 Å². The molecule has 0 atom stereocenters. The molecular formula is C20H24N4O3S2. The first-order valence-corrected chi connectivity index (χ1v) is 11.9. The third-order valence-electron chi connectivity index (χ3n) is 5.41. The molecule has 1 N–H and O–H groups in total. The first-order valence-electron chi connectivity index (χ1n) is 9.60. The van der Waals surface area contributed by atoms with Crippen LogP contribution in [-0.2, 0) is 17.1 Å². The number of thiophene rings is 1. The van der Waals surface area contributed by atoms with Crippen molar-refractivity contribution in [2.24, 2.45) is 13.0 Å². The number of aromatic nitrogens is 2. The van der Waals surface area contributed by atoms with Crippen LogP contribution in [0.3, 0.4) is 0 Å². The predicted molar refractivity (Wildman–Crippen MR) is 115 cm³/mol. The lowest BCUT2D eigenvalue weighted by molar-refractivity contribution is 0.103. The molecule has 1 aliphatic heterocycles. The Balaban J connectivity index is 1.48. The van der Waals surface area contributed by atoms with Crippen molar-refractivity contribution in [3.8, 4) is 0 Å². The number of carbonyl (C=O) groups excluding carboxylic acids is 1. The number of anilines is 1. The Morgan fingerprint density at radius 2 is 1.86 bits per heavy atom. The molecule has 3 aromatic rings. The molecule has 4 rings (SSSR count). The number of benzene rings is 1. The minimum Gasteiger partial charge on any atom is -0.321 e. The number of hydrogen-bond donors (Lipinski definition) is 1. The minimum absolute atomic E-state index is 0.216. The van der Waals surface area contributed by atoms with E-state index in [1.165, 1.54) is 11.3 Å². The molecule has 0 radical (unpaired) electrons. The lowest BCUT2D eigenvalue weighted by atomic mass is 10.0.